The second kappa shape index (κ2) is 9.90. The number of rotatable bonds is 6. The van der Waals surface area contributed by atoms with Gasteiger partial charge in [-0.1, -0.05) is 24.3 Å². The van der Waals surface area contributed by atoms with Crippen LogP contribution in [0.5, 0.6) is 5.75 Å². The van der Waals surface area contributed by atoms with Gasteiger partial charge in [0, 0.05) is 22.8 Å². The fraction of sp³-hybridized carbons (Fsp3) is 0.267. The predicted molar refractivity (Wildman–Crippen MR) is 141 cm³/mol. The van der Waals surface area contributed by atoms with Crippen LogP contribution >= 0.6 is 0 Å². The van der Waals surface area contributed by atoms with Crippen molar-refractivity contribution in [1.29, 1.82) is 0 Å². The highest BCUT2D eigenvalue weighted by atomic mass is 16.5. The predicted octanol–water partition coefficient (Wildman–Crippen LogP) is 5.59. The van der Waals surface area contributed by atoms with Crippen molar-refractivity contribution in [1.82, 2.24) is 9.47 Å². The molecule has 0 unspecified atom stereocenters. The fourth-order valence-electron chi connectivity index (χ4n) is 4.75. The highest BCUT2D eigenvalue weighted by molar-refractivity contribution is 6.16. The minimum Gasteiger partial charge on any atom is -0.497 e. The molecule has 0 saturated carbocycles. The monoisotopic (exact) mass is 484 g/mol. The lowest BCUT2D eigenvalue weighted by molar-refractivity contribution is -0.136. The third kappa shape index (κ3) is 4.47. The van der Waals surface area contributed by atoms with Gasteiger partial charge in [-0.15, -0.1) is 0 Å². The van der Waals surface area contributed by atoms with Crippen LogP contribution in [0.4, 0.5) is 0 Å². The van der Waals surface area contributed by atoms with Gasteiger partial charge in [-0.25, -0.2) is 4.79 Å². The van der Waals surface area contributed by atoms with E-state index in [2.05, 4.69) is 36.6 Å². The molecule has 0 atom stereocenters. The van der Waals surface area contributed by atoms with Crippen molar-refractivity contribution >= 4 is 18.0 Å². The first-order valence-electron chi connectivity index (χ1n) is 11.9. The van der Waals surface area contributed by atoms with Crippen LogP contribution in [-0.2, 0) is 20.9 Å². The number of carbonyl (C=O) groups is 2. The quantitative estimate of drug-likeness (QED) is 0.338. The number of aromatic nitrogens is 1. The van der Waals surface area contributed by atoms with Crippen LogP contribution in [-0.4, -0.2) is 35.6 Å². The second-order valence-corrected chi connectivity index (χ2v) is 9.20. The Labute approximate surface area is 212 Å². The summed E-state index contributed by atoms with van der Waals surface area (Å²) >= 11 is 0. The van der Waals surface area contributed by atoms with Crippen LogP contribution in [0.15, 0.2) is 65.4 Å². The van der Waals surface area contributed by atoms with Crippen molar-refractivity contribution in [2.45, 2.75) is 41.2 Å². The number of carbonyl (C=O) groups excluding carboxylic acids is 2. The number of hydrogen-bond acceptors (Lipinski definition) is 4. The highest BCUT2D eigenvalue weighted by Gasteiger charge is 2.37. The van der Waals surface area contributed by atoms with Gasteiger partial charge in [0.05, 0.1) is 31.9 Å². The fourth-order valence-corrected chi connectivity index (χ4v) is 4.75. The van der Waals surface area contributed by atoms with Crippen molar-refractivity contribution in [2.24, 2.45) is 0 Å². The van der Waals surface area contributed by atoms with Gasteiger partial charge >= 0.3 is 5.97 Å². The molecule has 0 spiro atoms. The number of methoxy groups -OCH3 is 2. The highest BCUT2D eigenvalue weighted by Crippen LogP contribution is 2.34. The molecule has 0 saturated heterocycles. The van der Waals surface area contributed by atoms with Gasteiger partial charge in [0.2, 0.25) is 0 Å². The standard InChI is InChI=1S/C30H32N2O4/c1-18-8-9-19(2)27(14-18)32-20(3)15-24(21(32)4)16-26-28(30(34)36-7)22(5)31(29(26)33)17-23-10-12-25(35-6)13-11-23/h8-16H,17H2,1-7H3/b26-16-. The van der Waals surface area contributed by atoms with Crippen LogP contribution in [0.2, 0.25) is 0 Å². The third-order valence-corrected chi connectivity index (χ3v) is 6.78. The summed E-state index contributed by atoms with van der Waals surface area (Å²) in [7, 11) is 2.95. The van der Waals surface area contributed by atoms with E-state index in [0.29, 0.717) is 23.4 Å². The maximum atomic E-state index is 13.6. The van der Waals surface area contributed by atoms with Gasteiger partial charge in [0.25, 0.3) is 5.91 Å². The van der Waals surface area contributed by atoms with Crippen LogP contribution in [0.3, 0.4) is 0 Å². The van der Waals surface area contributed by atoms with E-state index in [1.54, 1.807) is 18.9 Å². The minimum absolute atomic E-state index is 0.222. The molecular formula is C30H32N2O4. The Kier molecular flexibility index (Phi) is 6.88. The molecule has 2 heterocycles. The molecule has 1 aliphatic rings. The zero-order chi connectivity index (χ0) is 26.1. The van der Waals surface area contributed by atoms with Crippen molar-refractivity contribution in [2.75, 3.05) is 14.2 Å². The largest absolute Gasteiger partial charge is 0.497 e. The van der Waals surface area contributed by atoms with Gasteiger partial charge in [-0.2, -0.15) is 0 Å². The van der Waals surface area contributed by atoms with Crippen LogP contribution in [0.25, 0.3) is 11.8 Å². The molecule has 36 heavy (non-hydrogen) atoms. The topological polar surface area (TPSA) is 60.8 Å². The van der Waals surface area contributed by atoms with E-state index in [1.165, 1.54) is 12.7 Å². The summed E-state index contributed by atoms with van der Waals surface area (Å²) < 4.78 is 12.5. The lowest BCUT2D eigenvalue weighted by Gasteiger charge is -2.18. The number of esters is 1. The summed E-state index contributed by atoms with van der Waals surface area (Å²) in [5, 5.41) is 0. The molecule has 3 aromatic rings. The molecule has 0 radical (unpaired) electrons. The van der Waals surface area contributed by atoms with Gasteiger partial charge in [-0.05, 0) is 87.2 Å². The average Bonchev–Trinajstić information content (AvgIpc) is 3.27. The molecule has 2 aromatic carbocycles. The van der Waals surface area contributed by atoms with Crippen molar-refractivity contribution in [3.8, 4) is 11.4 Å². The van der Waals surface area contributed by atoms with E-state index in [-0.39, 0.29) is 5.91 Å². The summed E-state index contributed by atoms with van der Waals surface area (Å²) in [4.78, 5) is 28.0. The van der Waals surface area contributed by atoms with Crippen LogP contribution in [0.1, 0.15) is 40.6 Å². The Balaban J connectivity index is 1.77. The number of hydrogen-bond donors (Lipinski definition) is 0. The third-order valence-electron chi connectivity index (χ3n) is 6.78. The number of allylic oxidation sites excluding steroid dienone is 1. The molecule has 4 rings (SSSR count). The molecule has 0 N–H and O–H groups in total. The number of amides is 1. The minimum atomic E-state index is -0.521. The Morgan fingerprint density at radius 3 is 2.28 bits per heavy atom. The summed E-state index contributed by atoms with van der Waals surface area (Å²) in [6.07, 6.45) is 1.82. The van der Waals surface area contributed by atoms with Crippen molar-refractivity contribution in [3.63, 3.8) is 0 Å². The van der Waals surface area contributed by atoms with Crippen LogP contribution < -0.4 is 4.74 Å². The van der Waals surface area contributed by atoms with Gasteiger partial charge < -0.3 is 18.9 Å². The summed E-state index contributed by atoms with van der Waals surface area (Å²) in [5.41, 5.74) is 8.53. The van der Waals surface area contributed by atoms with Crippen molar-refractivity contribution < 1.29 is 19.1 Å². The number of benzene rings is 2. The Morgan fingerprint density at radius 2 is 1.64 bits per heavy atom. The molecule has 1 amide bonds. The summed E-state index contributed by atoms with van der Waals surface area (Å²) in [6, 6.07) is 16.0. The van der Waals surface area contributed by atoms with Gasteiger partial charge in [0.15, 0.2) is 0 Å². The van der Waals surface area contributed by atoms with E-state index in [0.717, 1.165) is 39.5 Å². The van der Waals surface area contributed by atoms with E-state index in [4.69, 9.17) is 9.47 Å². The lowest BCUT2D eigenvalue weighted by Crippen LogP contribution is -2.24. The summed E-state index contributed by atoms with van der Waals surface area (Å²) in [5.74, 6) is 0.00160. The number of nitrogens with zero attached hydrogens (tertiary/aromatic N) is 2. The average molecular weight is 485 g/mol. The molecule has 0 bridgehead atoms. The number of ether oxygens (including phenoxy) is 2. The van der Waals surface area contributed by atoms with E-state index in [1.807, 2.05) is 50.3 Å². The molecule has 6 heteroatoms. The molecule has 6 nitrogen and oxygen atoms in total. The van der Waals surface area contributed by atoms with Gasteiger partial charge in [0.1, 0.15) is 5.75 Å². The molecule has 1 aromatic heterocycles. The first-order chi connectivity index (χ1) is 17.2. The Morgan fingerprint density at radius 1 is 0.944 bits per heavy atom. The molecule has 0 aliphatic carbocycles. The normalized spacial score (nSPS) is 14.7. The zero-order valence-corrected chi connectivity index (χ0v) is 21.9. The second-order valence-electron chi connectivity index (χ2n) is 9.20. The maximum absolute atomic E-state index is 13.6. The van der Waals surface area contributed by atoms with E-state index in [9.17, 15) is 9.59 Å². The SMILES string of the molecule is COC(=O)C1=C(C)N(Cc2ccc(OC)cc2)C(=O)/C1=C\c1cc(C)n(-c2cc(C)ccc2C)c1C. The van der Waals surface area contributed by atoms with Crippen LogP contribution in [0, 0.1) is 27.7 Å². The lowest BCUT2D eigenvalue weighted by atomic mass is 10.0. The smallest absolute Gasteiger partial charge is 0.340 e. The summed E-state index contributed by atoms with van der Waals surface area (Å²) in [6.45, 7) is 10.4. The molecule has 0 fully saturated rings. The van der Waals surface area contributed by atoms with Crippen molar-refractivity contribution in [3.05, 3.63) is 99.0 Å². The van der Waals surface area contributed by atoms with E-state index >= 15 is 0 Å². The zero-order valence-electron chi connectivity index (χ0n) is 21.9. The van der Waals surface area contributed by atoms with Gasteiger partial charge in [-0.3, -0.25) is 4.79 Å². The number of aryl methyl sites for hydroxylation is 3. The first-order valence-corrected chi connectivity index (χ1v) is 11.9. The van der Waals surface area contributed by atoms with E-state index < -0.39 is 5.97 Å². The molecule has 1 aliphatic heterocycles. The maximum Gasteiger partial charge on any atom is 0.340 e. The molecular weight excluding hydrogens is 452 g/mol. The Hall–Kier alpha value is -4.06. The molecule has 186 valence electrons. The first kappa shape index (κ1) is 25.0. The Bertz CT molecular complexity index is 1410.